The number of benzene rings is 1. The van der Waals surface area contributed by atoms with Gasteiger partial charge >= 0.3 is 0 Å². The first-order valence-corrected chi connectivity index (χ1v) is 9.67. The molecule has 0 saturated carbocycles. The number of aryl methyl sites for hydroxylation is 1. The van der Waals surface area contributed by atoms with Crippen LogP contribution in [0.2, 0.25) is 10.0 Å². The molecule has 0 bridgehead atoms. The summed E-state index contributed by atoms with van der Waals surface area (Å²) in [5.41, 5.74) is 3.83. The van der Waals surface area contributed by atoms with Crippen LogP contribution in [-0.4, -0.2) is 29.6 Å². The van der Waals surface area contributed by atoms with Crippen LogP contribution in [0.15, 0.2) is 18.2 Å². The minimum atomic E-state index is 0.289. The number of nitrogens with zero attached hydrogens (tertiary/aromatic N) is 6. The summed E-state index contributed by atoms with van der Waals surface area (Å²) in [5, 5.41) is 19.8. The highest BCUT2D eigenvalue weighted by Gasteiger charge is 2.21. The monoisotopic (exact) mass is 406 g/mol. The lowest BCUT2D eigenvalue weighted by Crippen LogP contribution is -2.04. The van der Waals surface area contributed by atoms with Crippen LogP contribution in [0.25, 0.3) is 26.9 Å². The lowest BCUT2D eigenvalue weighted by Gasteiger charge is -2.07. The molecular formula is C17H16Cl2N6S. The summed E-state index contributed by atoms with van der Waals surface area (Å²) >= 11 is 13.8. The van der Waals surface area contributed by atoms with Gasteiger partial charge < -0.3 is 0 Å². The summed E-state index contributed by atoms with van der Waals surface area (Å²) < 4.78 is 3.74. The van der Waals surface area contributed by atoms with E-state index in [2.05, 4.69) is 36.1 Å². The van der Waals surface area contributed by atoms with Gasteiger partial charge in [-0.25, -0.2) is 0 Å². The number of hydrogen-bond donors (Lipinski definition) is 0. The van der Waals surface area contributed by atoms with E-state index in [1.165, 1.54) is 11.3 Å². The zero-order chi connectivity index (χ0) is 18.6. The predicted molar refractivity (Wildman–Crippen MR) is 105 cm³/mol. The van der Waals surface area contributed by atoms with E-state index in [1.807, 2.05) is 17.7 Å². The quantitative estimate of drug-likeness (QED) is 0.467. The first kappa shape index (κ1) is 17.5. The summed E-state index contributed by atoms with van der Waals surface area (Å²) in [6, 6.07) is 5.58. The van der Waals surface area contributed by atoms with Crippen molar-refractivity contribution >= 4 is 39.5 Å². The maximum absolute atomic E-state index is 6.33. The number of rotatable bonds is 3. The highest BCUT2D eigenvalue weighted by atomic mass is 35.5. The van der Waals surface area contributed by atoms with E-state index >= 15 is 0 Å². The van der Waals surface area contributed by atoms with Gasteiger partial charge in [-0.15, -0.1) is 10.2 Å². The molecule has 0 N–H and O–H groups in total. The molecule has 0 spiro atoms. The fourth-order valence-corrected chi connectivity index (χ4v) is 4.51. The van der Waals surface area contributed by atoms with Gasteiger partial charge in [0.1, 0.15) is 0 Å². The zero-order valence-corrected chi connectivity index (χ0v) is 17.0. The van der Waals surface area contributed by atoms with E-state index in [9.17, 15) is 0 Å². The Bertz CT molecular complexity index is 1120. The van der Waals surface area contributed by atoms with Crippen molar-refractivity contribution in [2.75, 3.05) is 0 Å². The third kappa shape index (κ3) is 2.71. The summed E-state index contributed by atoms with van der Waals surface area (Å²) in [6.45, 7) is 8.29. The molecule has 0 fully saturated rings. The second-order valence-electron chi connectivity index (χ2n) is 6.33. The standard InChI is InChI=1S/C17H16Cl2N6S/c1-8(2)24-10(4)14(9(3)22-24)16-23-25-15(20-21-17(25)26-16)12-6-5-11(18)7-13(12)19/h5-8H,1-4H3. The molecule has 0 aliphatic heterocycles. The highest BCUT2D eigenvalue weighted by Crippen LogP contribution is 2.35. The Kier molecular flexibility index (Phi) is 4.25. The molecule has 0 radical (unpaired) electrons. The molecule has 0 unspecified atom stereocenters. The molecule has 0 aliphatic rings. The molecular weight excluding hydrogens is 391 g/mol. The van der Waals surface area contributed by atoms with Gasteiger partial charge in [0.25, 0.3) is 0 Å². The lowest BCUT2D eigenvalue weighted by molar-refractivity contribution is 0.516. The minimum absolute atomic E-state index is 0.289. The molecule has 134 valence electrons. The average Bonchev–Trinajstić information content (AvgIpc) is 3.20. The van der Waals surface area contributed by atoms with E-state index in [0.717, 1.165) is 27.5 Å². The Morgan fingerprint density at radius 2 is 1.85 bits per heavy atom. The van der Waals surface area contributed by atoms with Gasteiger partial charge in [-0.3, -0.25) is 4.68 Å². The molecule has 3 aromatic heterocycles. The normalized spacial score (nSPS) is 11.8. The Labute approximate surface area is 164 Å². The fourth-order valence-electron chi connectivity index (χ4n) is 3.03. The average molecular weight is 407 g/mol. The van der Waals surface area contributed by atoms with E-state index < -0.39 is 0 Å². The topological polar surface area (TPSA) is 60.9 Å². The Hall–Kier alpha value is -1.96. The molecule has 3 heterocycles. The number of hydrogen-bond acceptors (Lipinski definition) is 5. The van der Waals surface area contributed by atoms with E-state index in [4.69, 9.17) is 28.3 Å². The first-order chi connectivity index (χ1) is 12.4. The van der Waals surface area contributed by atoms with Gasteiger partial charge in [0.15, 0.2) is 10.8 Å². The molecule has 0 atom stereocenters. The van der Waals surface area contributed by atoms with Crippen LogP contribution in [0.3, 0.4) is 0 Å². The maximum Gasteiger partial charge on any atom is 0.235 e. The van der Waals surface area contributed by atoms with E-state index in [1.54, 1.807) is 16.6 Å². The predicted octanol–water partition coefficient (Wildman–Crippen LogP) is 5.22. The highest BCUT2D eigenvalue weighted by molar-refractivity contribution is 7.19. The van der Waals surface area contributed by atoms with Gasteiger partial charge in [-0.2, -0.15) is 14.7 Å². The lowest BCUT2D eigenvalue weighted by atomic mass is 10.2. The first-order valence-electron chi connectivity index (χ1n) is 8.10. The number of aromatic nitrogens is 6. The maximum atomic E-state index is 6.33. The zero-order valence-electron chi connectivity index (χ0n) is 14.7. The molecule has 6 nitrogen and oxygen atoms in total. The van der Waals surface area contributed by atoms with Crippen molar-refractivity contribution in [1.82, 2.24) is 29.6 Å². The smallest absolute Gasteiger partial charge is 0.235 e. The third-order valence-corrected chi connectivity index (χ3v) is 5.65. The van der Waals surface area contributed by atoms with Crippen LogP contribution in [0.4, 0.5) is 0 Å². The summed E-state index contributed by atoms with van der Waals surface area (Å²) in [7, 11) is 0. The molecule has 4 aromatic rings. The molecule has 1 aromatic carbocycles. The third-order valence-electron chi connectivity index (χ3n) is 4.19. The van der Waals surface area contributed by atoms with Crippen LogP contribution in [0, 0.1) is 13.8 Å². The molecule has 0 amide bonds. The van der Waals surface area contributed by atoms with Gasteiger partial charge in [-0.05, 0) is 45.9 Å². The Morgan fingerprint density at radius 1 is 1.08 bits per heavy atom. The van der Waals surface area contributed by atoms with Crippen molar-refractivity contribution in [1.29, 1.82) is 0 Å². The SMILES string of the molecule is Cc1nn(C(C)C)c(C)c1-c1nn2c(-c3ccc(Cl)cc3Cl)nnc2s1. The van der Waals surface area contributed by atoms with E-state index in [0.29, 0.717) is 20.8 Å². The Morgan fingerprint density at radius 3 is 2.50 bits per heavy atom. The number of halogens is 2. The van der Waals surface area contributed by atoms with Crippen molar-refractivity contribution in [2.24, 2.45) is 0 Å². The molecule has 9 heteroatoms. The van der Waals surface area contributed by atoms with Crippen molar-refractivity contribution in [3.63, 3.8) is 0 Å². The largest absolute Gasteiger partial charge is 0.266 e. The van der Waals surface area contributed by atoms with Crippen molar-refractivity contribution in [3.05, 3.63) is 39.6 Å². The number of fused-ring (bicyclic) bond motifs is 1. The second-order valence-corrected chi connectivity index (χ2v) is 8.13. The van der Waals surface area contributed by atoms with Crippen molar-refractivity contribution < 1.29 is 0 Å². The molecule has 0 saturated heterocycles. The summed E-state index contributed by atoms with van der Waals surface area (Å²) in [6.07, 6.45) is 0. The van der Waals surface area contributed by atoms with Crippen LogP contribution < -0.4 is 0 Å². The Balaban J connectivity index is 1.87. The minimum Gasteiger partial charge on any atom is -0.266 e. The van der Waals surface area contributed by atoms with Gasteiger partial charge in [0.05, 0.1) is 16.3 Å². The van der Waals surface area contributed by atoms with E-state index in [-0.39, 0.29) is 6.04 Å². The fraction of sp³-hybridized carbons (Fsp3) is 0.294. The van der Waals surface area contributed by atoms with Gasteiger partial charge in [-0.1, -0.05) is 34.5 Å². The van der Waals surface area contributed by atoms with Crippen LogP contribution >= 0.6 is 34.5 Å². The molecule has 26 heavy (non-hydrogen) atoms. The van der Waals surface area contributed by atoms with Gasteiger partial charge in [0, 0.05) is 22.3 Å². The van der Waals surface area contributed by atoms with Gasteiger partial charge in [0.2, 0.25) is 4.96 Å². The molecule has 0 aliphatic carbocycles. The summed E-state index contributed by atoms with van der Waals surface area (Å²) in [5.74, 6) is 0.593. The second kappa shape index (κ2) is 6.33. The summed E-state index contributed by atoms with van der Waals surface area (Å²) in [4.78, 5) is 0.706. The van der Waals surface area contributed by atoms with Crippen LogP contribution in [0.5, 0.6) is 0 Å². The van der Waals surface area contributed by atoms with Crippen molar-refractivity contribution in [2.45, 2.75) is 33.7 Å². The molecule has 4 rings (SSSR count). The van der Waals surface area contributed by atoms with Crippen molar-refractivity contribution in [3.8, 4) is 22.0 Å². The van der Waals surface area contributed by atoms with Crippen LogP contribution in [0.1, 0.15) is 31.3 Å². The van der Waals surface area contributed by atoms with Crippen LogP contribution in [-0.2, 0) is 0 Å².